The van der Waals surface area contributed by atoms with Crippen molar-refractivity contribution >= 4 is 82.3 Å². The number of nitrogens with two attached hydrogens (primary N) is 1. The summed E-state index contributed by atoms with van der Waals surface area (Å²) in [4.78, 5) is 160. The van der Waals surface area contributed by atoms with Crippen LogP contribution in [0.1, 0.15) is 133 Å². The second-order valence-electron chi connectivity index (χ2n) is 21.5. The van der Waals surface area contributed by atoms with E-state index in [1.807, 2.05) is 72.8 Å². The zero-order chi connectivity index (χ0) is 59.1. The maximum absolute atomic E-state index is 15.1. The standard InChI is InChI=1S/C59H67N10O13P/c1-66-52-37(19-13-20-45(52)69(59(66)79)47-27-29-49(71)64-56(47)76)18-7-3-2-4-12-21-50(72)67-31-30-40-23-26-46(55(75)62-42(25-28-48(60)70)53(73)65-51(35-14-8-5-9-15-35)36-16-10-6-11-17-36)68(40)57(77)44(34-67)63-54(74)43-33-39-32-38(22-24-41(39)61-43)58(78)83(80,81)82/h5-6,8-11,13-17,19-20,22,24,32-33,40,42,44,46-47,51,61H,2-4,7,12,18,21,23,25-31,34H2,1H3,(H2,60,70)(H,62,75)(H,63,74)(H,65,73)(H,64,71,76)(H2,80,81,82)/t40-,42+,44+,46+,47?/m1/s1. The number of H-pyrrole nitrogens is 1. The van der Waals surface area contributed by atoms with Gasteiger partial charge in [-0.15, -0.1) is 0 Å². The van der Waals surface area contributed by atoms with Gasteiger partial charge in [0.2, 0.25) is 41.4 Å². The quantitative estimate of drug-likeness (QED) is 0.0271. The minimum atomic E-state index is -5.13. The number of benzene rings is 4. The number of carbonyl (C=O) groups excluding carboxylic acids is 9. The van der Waals surface area contributed by atoms with Crippen molar-refractivity contribution in [2.24, 2.45) is 12.8 Å². The largest absolute Gasteiger partial charge is 0.396 e. The van der Waals surface area contributed by atoms with Crippen LogP contribution in [0.15, 0.2) is 108 Å². The fourth-order valence-electron chi connectivity index (χ4n) is 11.7. The molecule has 83 heavy (non-hydrogen) atoms. The number of primary amides is 1. The van der Waals surface area contributed by atoms with Gasteiger partial charge in [0.05, 0.1) is 17.1 Å². The summed E-state index contributed by atoms with van der Waals surface area (Å²) in [5.74, 6) is -4.50. The molecule has 3 saturated heterocycles. The number of aryl methyl sites for hydroxylation is 2. The molecule has 5 heterocycles. The average Bonchev–Trinajstić information content (AvgIpc) is 3.99. The molecule has 0 radical (unpaired) electrons. The fraction of sp³-hybridized carbons (Fsp3) is 0.390. The molecule has 9 N–H and O–H groups in total. The van der Waals surface area contributed by atoms with Gasteiger partial charge in [0, 0.05) is 61.9 Å². The van der Waals surface area contributed by atoms with Crippen molar-refractivity contribution in [1.82, 2.24) is 45.2 Å². The van der Waals surface area contributed by atoms with Crippen molar-refractivity contribution in [3.05, 3.63) is 142 Å². The molecule has 1 unspecified atom stereocenters. The van der Waals surface area contributed by atoms with Gasteiger partial charge in [-0.05, 0) is 98.4 Å². The van der Waals surface area contributed by atoms with Crippen LogP contribution in [0.2, 0.25) is 0 Å². The summed E-state index contributed by atoms with van der Waals surface area (Å²) in [7, 11) is -3.46. The SMILES string of the molecule is Cn1c(=O)n(C2CCC(=O)NC2=O)c2cccc(CCCCCCCC(=O)N3CC[C@H]4CC[C@@H](C(=O)N[C@@H](CCC(N)=O)C(=O)NC(c5ccccc5)c5ccccc5)N4C(=O)[C@@H](NC(=O)c4cc5cc(C(=O)P(=O)(O)O)ccc5[nH]4)C3)c21. The van der Waals surface area contributed by atoms with Gasteiger partial charge in [-0.2, -0.15) is 0 Å². The van der Waals surface area contributed by atoms with E-state index in [4.69, 9.17) is 5.73 Å². The van der Waals surface area contributed by atoms with E-state index in [0.717, 1.165) is 41.5 Å². The number of nitrogens with one attached hydrogen (secondary N) is 5. The summed E-state index contributed by atoms with van der Waals surface area (Å²) in [6.45, 7) is -0.0779. The van der Waals surface area contributed by atoms with Crippen LogP contribution < -0.4 is 32.7 Å². The maximum atomic E-state index is 15.1. The number of para-hydroxylation sites is 1. The molecule has 0 aliphatic carbocycles. The Balaban J connectivity index is 0.879. The van der Waals surface area contributed by atoms with Crippen LogP contribution in [-0.4, -0.2) is 124 Å². The van der Waals surface area contributed by atoms with E-state index in [2.05, 4.69) is 26.3 Å². The highest BCUT2D eigenvalue weighted by molar-refractivity contribution is 7.70. The number of rotatable bonds is 22. The van der Waals surface area contributed by atoms with Crippen molar-refractivity contribution in [3.63, 3.8) is 0 Å². The highest BCUT2D eigenvalue weighted by Gasteiger charge is 2.46. The number of imidazole rings is 1. The summed E-state index contributed by atoms with van der Waals surface area (Å²) in [5, 5.41) is 11.2. The Labute approximate surface area is 476 Å². The number of carbonyl (C=O) groups is 9. The lowest BCUT2D eigenvalue weighted by atomic mass is 9.98. The minimum absolute atomic E-state index is 0.0697. The molecule has 0 bridgehead atoms. The van der Waals surface area contributed by atoms with Crippen LogP contribution in [0, 0.1) is 0 Å². The Bertz CT molecular complexity index is 3550. The van der Waals surface area contributed by atoms with E-state index in [9.17, 15) is 57.5 Å². The highest BCUT2D eigenvalue weighted by atomic mass is 31.2. The Morgan fingerprint density at radius 1 is 0.783 bits per heavy atom. The van der Waals surface area contributed by atoms with Crippen LogP contribution in [0.25, 0.3) is 21.9 Å². The van der Waals surface area contributed by atoms with E-state index >= 15 is 4.79 Å². The predicted molar refractivity (Wildman–Crippen MR) is 304 cm³/mol. The molecule has 4 aromatic carbocycles. The van der Waals surface area contributed by atoms with Crippen molar-refractivity contribution in [2.75, 3.05) is 13.1 Å². The molecular formula is C59H67N10O13P. The second-order valence-corrected chi connectivity index (χ2v) is 23.0. The first kappa shape index (κ1) is 59.1. The molecule has 0 spiro atoms. The average molecular weight is 1160 g/mol. The summed E-state index contributed by atoms with van der Waals surface area (Å²) >= 11 is 0. The van der Waals surface area contributed by atoms with E-state index in [0.29, 0.717) is 43.1 Å². The molecule has 5 atom stereocenters. The molecular weight excluding hydrogens is 1090 g/mol. The Morgan fingerprint density at radius 2 is 1.48 bits per heavy atom. The van der Waals surface area contributed by atoms with Gasteiger partial charge in [-0.1, -0.05) is 92.1 Å². The molecule has 0 saturated carbocycles. The number of unbranched alkanes of at least 4 members (excludes halogenated alkanes) is 4. The molecule has 436 valence electrons. The van der Waals surface area contributed by atoms with Crippen molar-refractivity contribution in [3.8, 4) is 0 Å². The normalized spacial score (nSPS) is 18.8. The summed E-state index contributed by atoms with van der Waals surface area (Å²) in [6.07, 6.45) is 5.25. The third-order valence-electron chi connectivity index (χ3n) is 15.9. The van der Waals surface area contributed by atoms with Crippen LogP contribution in [0.3, 0.4) is 0 Å². The van der Waals surface area contributed by atoms with Gasteiger partial charge >= 0.3 is 13.3 Å². The molecule has 8 amide bonds. The molecule has 24 heteroatoms. The smallest absolute Gasteiger partial charge is 0.370 e. The van der Waals surface area contributed by atoms with Gasteiger partial charge < -0.3 is 46.3 Å². The molecule has 3 aliphatic heterocycles. The predicted octanol–water partition coefficient (Wildman–Crippen LogP) is 4.05. The van der Waals surface area contributed by atoms with Crippen molar-refractivity contribution < 1.29 is 57.5 Å². The fourth-order valence-corrected chi connectivity index (χ4v) is 12.2. The summed E-state index contributed by atoms with van der Waals surface area (Å²) < 4.78 is 14.8. The van der Waals surface area contributed by atoms with E-state index in [1.165, 1.54) is 38.3 Å². The number of fused-ring (bicyclic) bond motifs is 3. The Kier molecular flexibility index (Phi) is 18.3. The van der Waals surface area contributed by atoms with Crippen LogP contribution in [-0.2, 0) is 51.6 Å². The number of hydrogen-bond acceptors (Lipinski definition) is 11. The van der Waals surface area contributed by atoms with Gasteiger partial charge in [-0.3, -0.25) is 62.2 Å². The number of aromatic amines is 1. The topological polar surface area (TPSA) is 335 Å². The zero-order valence-electron chi connectivity index (χ0n) is 45.8. The highest BCUT2D eigenvalue weighted by Crippen LogP contribution is 2.40. The Morgan fingerprint density at radius 3 is 2.17 bits per heavy atom. The minimum Gasteiger partial charge on any atom is -0.370 e. The molecule has 9 rings (SSSR count). The van der Waals surface area contributed by atoms with Crippen LogP contribution in [0.4, 0.5) is 0 Å². The van der Waals surface area contributed by atoms with Crippen LogP contribution >= 0.6 is 7.60 Å². The summed E-state index contributed by atoms with van der Waals surface area (Å²) in [6, 6.07) is 23.5. The molecule has 6 aromatic rings. The lowest BCUT2D eigenvalue weighted by Gasteiger charge is -2.39. The van der Waals surface area contributed by atoms with Gasteiger partial charge in [-0.25, -0.2) is 4.79 Å². The lowest BCUT2D eigenvalue weighted by Crippen LogP contribution is -2.62. The number of amides is 8. The first-order valence-corrected chi connectivity index (χ1v) is 29.5. The summed E-state index contributed by atoms with van der Waals surface area (Å²) in [5.41, 5.74) is 7.62. The van der Waals surface area contributed by atoms with Gasteiger partial charge in [0.15, 0.2) is 0 Å². The molecule has 3 fully saturated rings. The Hall–Kier alpha value is -8.53. The number of piperidine rings is 1. The molecule has 2 aromatic heterocycles. The van der Waals surface area contributed by atoms with E-state index < -0.39 is 84.8 Å². The third kappa shape index (κ3) is 13.5. The second kappa shape index (κ2) is 25.7. The first-order chi connectivity index (χ1) is 39.8. The first-order valence-electron chi connectivity index (χ1n) is 27.9. The molecule has 3 aliphatic rings. The maximum Gasteiger partial charge on any atom is 0.396 e. The number of nitrogens with zero attached hydrogens (tertiary/aromatic N) is 4. The van der Waals surface area contributed by atoms with E-state index in [1.54, 1.807) is 18.0 Å². The zero-order valence-corrected chi connectivity index (χ0v) is 46.7. The van der Waals surface area contributed by atoms with Crippen molar-refractivity contribution in [2.45, 2.75) is 126 Å². The number of imide groups is 1. The third-order valence-corrected chi connectivity index (χ3v) is 16.7. The monoisotopic (exact) mass is 1150 g/mol. The van der Waals surface area contributed by atoms with Crippen molar-refractivity contribution in [1.29, 1.82) is 0 Å². The lowest BCUT2D eigenvalue weighted by molar-refractivity contribution is -0.145. The van der Waals surface area contributed by atoms with Gasteiger partial charge in [0.1, 0.15) is 29.9 Å². The van der Waals surface area contributed by atoms with Gasteiger partial charge in [0.25, 0.3) is 11.4 Å². The number of hydrogen-bond donors (Lipinski definition) is 8. The number of aromatic nitrogens is 3. The van der Waals surface area contributed by atoms with E-state index in [-0.39, 0.29) is 85.8 Å². The van der Waals surface area contributed by atoms with Crippen LogP contribution in [0.5, 0.6) is 0 Å². The molecule has 23 nitrogen and oxygen atoms in total.